The van der Waals surface area contributed by atoms with E-state index in [1.54, 1.807) is 0 Å². The molecule has 0 aromatic heterocycles. The summed E-state index contributed by atoms with van der Waals surface area (Å²) in [5.74, 6) is -0.586. The second kappa shape index (κ2) is 6.65. The van der Waals surface area contributed by atoms with Crippen LogP contribution in [0.15, 0.2) is 24.3 Å². The van der Waals surface area contributed by atoms with Gasteiger partial charge in [-0.2, -0.15) is 0 Å². The molecule has 1 rings (SSSR count). The van der Waals surface area contributed by atoms with Crippen molar-refractivity contribution in [2.24, 2.45) is 0 Å². The van der Waals surface area contributed by atoms with Crippen LogP contribution in [0.25, 0.3) is 0 Å². The Labute approximate surface area is 100 Å². The molecule has 1 aromatic rings. The molecule has 0 fully saturated rings. The average Bonchev–Trinajstić information content (AvgIpc) is 2.32. The monoisotopic (exact) mass is 236 g/mol. The van der Waals surface area contributed by atoms with Crippen LogP contribution in [-0.2, 0) is 14.3 Å². The third-order valence-electron chi connectivity index (χ3n) is 2.20. The Morgan fingerprint density at radius 1 is 1.24 bits per heavy atom. The molecule has 17 heavy (non-hydrogen) atoms. The highest BCUT2D eigenvalue weighted by atomic mass is 16.5. The van der Waals surface area contributed by atoms with Crippen molar-refractivity contribution in [3.05, 3.63) is 29.8 Å². The third kappa shape index (κ3) is 4.65. The molecular formula is C12H16N2O3. The van der Waals surface area contributed by atoms with Crippen molar-refractivity contribution in [2.45, 2.75) is 6.92 Å². The highest BCUT2D eigenvalue weighted by Crippen LogP contribution is 2.12. The predicted molar refractivity (Wildman–Crippen MR) is 64.7 cm³/mol. The smallest absolute Gasteiger partial charge is 0.319 e. The van der Waals surface area contributed by atoms with Crippen molar-refractivity contribution in [3.8, 4) is 0 Å². The van der Waals surface area contributed by atoms with Gasteiger partial charge in [0.05, 0.1) is 20.2 Å². The fourth-order valence-corrected chi connectivity index (χ4v) is 1.26. The number of rotatable bonds is 5. The first-order valence-corrected chi connectivity index (χ1v) is 5.26. The Kier molecular flexibility index (Phi) is 5.16. The molecule has 0 unspecified atom stereocenters. The number of ether oxygens (including phenoxy) is 1. The highest BCUT2D eigenvalue weighted by molar-refractivity contribution is 5.93. The molecule has 0 aliphatic heterocycles. The molecule has 0 aliphatic carbocycles. The highest BCUT2D eigenvalue weighted by Gasteiger charge is 2.05. The standard InChI is InChI=1S/C12H16N2O3/c1-9-5-3-4-6-10(9)14-11(15)7-13-8-12(16)17-2/h3-6,13H,7-8H2,1-2H3,(H,14,15). The van der Waals surface area contributed by atoms with Crippen LogP contribution >= 0.6 is 0 Å². The van der Waals surface area contributed by atoms with Crippen molar-refractivity contribution in [1.29, 1.82) is 0 Å². The molecule has 0 bridgehead atoms. The van der Waals surface area contributed by atoms with Crippen molar-refractivity contribution >= 4 is 17.6 Å². The number of esters is 1. The number of amides is 1. The maximum atomic E-state index is 11.5. The first kappa shape index (κ1) is 13.2. The predicted octanol–water partition coefficient (Wildman–Crippen LogP) is 0.696. The van der Waals surface area contributed by atoms with Gasteiger partial charge in [-0.05, 0) is 18.6 Å². The minimum absolute atomic E-state index is 0.0255. The zero-order valence-electron chi connectivity index (χ0n) is 9.95. The number of aryl methyl sites for hydroxylation is 1. The normalized spacial score (nSPS) is 9.76. The molecule has 2 N–H and O–H groups in total. The number of nitrogens with one attached hydrogen (secondary N) is 2. The van der Waals surface area contributed by atoms with Crippen LogP contribution < -0.4 is 10.6 Å². The molecule has 5 heteroatoms. The Morgan fingerprint density at radius 2 is 1.94 bits per heavy atom. The minimum Gasteiger partial charge on any atom is -0.468 e. The fourth-order valence-electron chi connectivity index (χ4n) is 1.26. The minimum atomic E-state index is -0.395. The maximum absolute atomic E-state index is 11.5. The lowest BCUT2D eigenvalue weighted by atomic mass is 10.2. The second-order valence-corrected chi connectivity index (χ2v) is 3.54. The van der Waals surface area contributed by atoms with Gasteiger partial charge in [0.1, 0.15) is 0 Å². The van der Waals surface area contributed by atoms with E-state index in [9.17, 15) is 9.59 Å². The molecule has 5 nitrogen and oxygen atoms in total. The number of benzene rings is 1. The number of para-hydroxylation sites is 1. The maximum Gasteiger partial charge on any atom is 0.319 e. The van der Waals surface area contributed by atoms with E-state index >= 15 is 0 Å². The largest absolute Gasteiger partial charge is 0.468 e. The molecule has 1 amide bonds. The zero-order chi connectivity index (χ0) is 12.7. The Bertz CT molecular complexity index is 404. The van der Waals surface area contributed by atoms with Crippen LogP contribution in [0.4, 0.5) is 5.69 Å². The number of hydrogen-bond acceptors (Lipinski definition) is 4. The van der Waals surface area contributed by atoms with Crippen LogP contribution in [0, 0.1) is 6.92 Å². The lowest BCUT2D eigenvalue weighted by Crippen LogP contribution is -2.32. The number of carbonyl (C=O) groups is 2. The number of methoxy groups -OCH3 is 1. The summed E-state index contributed by atoms with van der Waals surface area (Å²) in [5, 5.41) is 5.44. The van der Waals surface area contributed by atoms with E-state index in [4.69, 9.17) is 0 Å². The number of anilines is 1. The summed E-state index contributed by atoms with van der Waals surface area (Å²) in [6, 6.07) is 7.50. The van der Waals surface area contributed by atoms with Crippen LogP contribution in [0.5, 0.6) is 0 Å². The Hall–Kier alpha value is -1.88. The van der Waals surface area contributed by atoms with Crippen molar-refractivity contribution < 1.29 is 14.3 Å². The Balaban J connectivity index is 2.35. The Morgan fingerprint density at radius 3 is 2.59 bits per heavy atom. The van der Waals surface area contributed by atoms with E-state index in [0.717, 1.165) is 11.3 Å². The molecule has 92 valence electrons. The lowest BCUT2D eigenvalue weighted by Gasteiger charge is -2.08. The van der Waals surface area contributed by atoms with Gasteiger partial charge in [-0.25, -0.2) is 0 Å². The van der Waals surface area contributed by atoms with E-state index in [0.29, 0.717) is 0 Å². The first-order valence-electron chi connectivity index (χ1n) is 5.26. The summed E-state index contributed by atoms with van der Waals surface area (Å²) in [5.41, 5.74) is 1.77. The molecule has 0 heterocycles. The van der Waals surface area contributed by atoms with Crippen LogP contribution in [0.1, 0.15) is 5.56 Å². The summed E-state index contributed by atoms with van der Waals surface area (Å²) in [6.45, 7) is 2.01. The molecular weight excluding hydrogens is 220 g/mol. The van der Waals surface area contributed by atoms with E-state index < -0.39 is 5.97 Å². The van der Waals surface area contributed by atoms with E-state index in [-0.39, 0.29) is 19.0 Å². The van der Waals surface area contributed by atoms with Gasteiger partial charge in [0.2, 0.25) is 5.91 Å². The van der Waals surface area contributed by atoms with Gasteiger partial charge in [0, 0.05) is 5.69 Å². The summed E-state index contributed by atoms with van der Waals surface area (Å²) in [7, 11) is 1.30. The van der Waals surface area contributed by atoms with Gasteiger partial charge in [0.15, 0.2) is 0 Å². The zero-order valence-corrected chi connectivity index (χ0v) is 9.95. The van der Waals surface area contributed by atoms with Gasteiger partial charge in [-0.1, -0.05) is 18.2 Å². The lowest BCUT2D eigenvalue weighted by molar-refractivity contribution is -0.139. The van der Waals surface area contributed by atoms with Crippen LogP contribution in [-0.4, -0.2) is 32.1 Å². The van der Waals surface area contributed by atoms with E-state index in [1.165, 1.54) is 7.11 Å². The van der Waals surface area contributed by atoms with Crippen molar-refractivity contribution in [1.82, 2.24) is 5.32 Å². The van der Waals surface area contributed by atoms with Crippen LogP contribution in [0.3, 0.4) is 0 Å². The molecule has 0 saturated carbocycles. The van der Waals surface area contributed by atoms with Gasteiger partial charge in [-0.3, -0.25) is 14.9 Å². The second-order valence-electron chi connectivity index (χ2n) is 3.54. The van der Waals surface area contributed by atoms with Crippen LogP contribution in [0.2, 0.25) is 0 Å². The number of hydrogen-bond donors (Lipinski definition) is 2. The van der Waals surface area contributed by atoms with Gasteiger partial charge >= 0.3 is 5.97 Å². The quantitative estimate of drug-likeness (QED) is 0.738. The van der Waals surface area contributed by atoms with E-state index in [2.05, 4.69) is 15.4 Å². The molecule has 0 radical (unpaired) electrons. The van der Waals surface area contributed by atoms with Crippen molar-refractivity contribution in [2.75, 3.05) is 25.5 Å². The van der Waals surface area contributed by atoms with Gasteiger partial charge in [0.25, 0.3) is 0 Å². The van der Waals surface area contributed by atoms with Gasteiger partial charge in [-0.15, -0.1) is 0 Å². The van der Waals surface area contributed by atoms with E-state index in [1.807, 2.05) is 31.2 Å². The molecule has 0 spiro atoms. The van der Waals surface area contributed by atoms with Gasteiger partial charge < -0.3 is 10.1 Å². The summed E-state index contributed by atoms with van der Waals surface area (Å²) in [6.07, 6.45) is 0. The molecule has 0 aliphatic rings. The summed E-state index contributed by atoms with van der Waals surface area (Å²) >= 11 is 0. The molecule has 0 atom stereocenters. The SMILES string of the molecule is COC(=O)CNCC(=O)Nc1ccccc1C. The topological polar surface area (TPSA) is 67.4 Å². The first-order chi connectivity index (χ1) is 8.13. The molecule has 0 saturated heterocycles. The summed E-state index contributed by atoms with van der Waals surface area (Å²) < 4.78 is 4.44. The summed E-state index contributed by atoms with van der Waals surface area (Å²) in [4.78, 5) is 22.3. The average molecular weight is 236 g/mol. The fraction of sp³-hybridized carbons (Fsp3) is 0.333. The third-order valence-corrected chi connectivity index (χ3v) is 2.20. The number of carbonyl (C=O) groups excluding carboxylic acids is 2. The molecule has 1 aromatic carbocycles. The van der Waals surface area contributed by atoms with Crippen molar-refractivity contribution in [3.63, 3.8) is 0 Å².